The highest BCUT2D eigenvalue weighted by atomic mass is 16.7. The fraction of sp³-hybridized carbons (Fsp3) is 0.714. The van der Waals surface area contributed by atoms with E-state index >= 15 is 0 Å². The quantitative estimate of drug-likeness (QED) is 0.712. The first-order chi connectivity index (χ1) is 11.7. The minimum Gasteiger partial charge on any atom is -0.348 e. The van der Waals surface area contributed by atoms with Crippen LogP contribution in [0, 0.1) is 0 Å². The molecule has 0 N–H and O–H groups in total. The van der Waals surface area contributed by atoms with Gasteiger partial charge in [0, 0.05) is 19.4 Å². The van der Waals surface area contributed by atoms with Crippen molar-refractivity contribution in [3.05, 3.63) is 35.9 Å². The highest BCUT2D eigenvalue weighted by molar-refractivity contribution is 5.14. The molecule has 0 unspecified atom stereocenters. The van der Waals surface area contributed by atoms with Gasteiger partial charge in [-0.05, 0) is 32.5 Å². The standard InChI is InChI=1S/C9H13N.C8H14O2.2C2H6/c1-10(2)8-9-6-4-3-5-7-9;1-2-4-8(5-3-1)9-6-7-10-8;2*1-2/h3-7H,8H2,1-2H3;1-7H2;2*1-2H3. The van der Waals surface area contributed by atoms with E-state index in [9.17, 15) is 0 Å². The van der Waals surface area contributed by atoms with Gasteiger partial charge in [0.25, 0.3) is 0 Å². The summed E-state index contributed by atoms with van der Waals surface area (Å²) in [5.41, 5.74) is 1.37. The maximum Gasteiger partial charge on any atom is 0.168 e. The smallest absolute Gasteiger partial charge is 0.168 e. The van der Waals surface area contributed by atoms with Crippen LogP contribution in [0.15, 0.2) is 30.3 Å². The fourth-order valence-electron chi connectivity index (χ4n) is 2.82. The van der Waals surface area contributed by atoms with Crippen LogP contribution in [0.1, 0.15) is 65.4 Å². The zero-order chi connectivity index (χ0) is 18.3. The number of nitrogens with zero attached hydrogens (tertiary/aromatic N) is 1. The highest BCUT2D eigenvalue weighted by Gasteiger charge is 2.37. The molecule has 1 saturated heterocycles. The first-order valence-corrected chi connectivity index (χ1v) is 9.67. The molecule has 0 radical (unpaired) electrons. The molecule has 3 nitrogen and oxygen atoms in total. The van der Waals surface area contributed by atoms with E-state index in [0.717, 1.165) is 32.6 Å². The van der Waals surface area contributed by atoms with Crippen molar-refractivity contribution >= 4 is 0 Å². The Labute approximate surface area is 150 Å². The molecule has 3 heteroatoms. The second-order valence-corrected chi connectivity index (χ2v) is 5.89. The van der Waals surface area contributed by atoms with Crippen LogP contribution < -0.4 is 0 Å². The van der Waals surface area contributed by atoms with Crippen LogP contribution >= 0.6 is 0 Å². The molecule has 0 bridgehead atoms. The molecule has 1 aromatic rings. The van der Waals surface area contributed by atoms with Crippen LogP contribution in [0.5, 0.6) is 0 Å². The van der Waals surface area contributed by atoms with Gasteiger partial charge in [-0.2, -0.15) is 0 Å². The van der Waals surface area contributed by atoms with Gasteiger partial charge in [-0.25, -0.2) is 0 Å². The molecule has 1 saturated carbocycles. The Morgan fingerprint density at radius 3 is 1.79 bits per heavy atom. The predicted octanol–water partition coefficient (Wildman–Crippen LogP) is 5.49. The molecule has 2 fully saturated rings. The lowest BCUT2D eigenvalue weighted by molar-refractivity contribution is -0.176. The molecule has 3 rings (SSSR count). The maximum atomic E-state index is 5.56. The lowest BCUT2D eigenvalue weighted by Gasteiger charge is -2.30. The van der Waals surface area contributed by atoms with E-state index in [1.54, 1.807) is 0 Å². The Hall–Kier alpha value is -0.900. The molecule has 0 amide bonds. The van der Waals surface area contributed by atoms with E-state index in [0.29, 0.717) is 0 Å². The minimum absolute atomic E-state index is 0.127. The molecular formula is C21H39NO2. The van der Waals surface area contributed by atoms with Crippen LogP contribution in [0.3, 0.4) is 0 Å². The second-order valence-electron chi connectivity index (χ2n) is 5.89. The summed E-state index contributed by atoms with van der Waals surface area (Å²) in [6.45, 7) is 10.6. The molecular weight excluding hydrogens is 298 g/mol. The maximum absolute atomic E-state index is 5.56. The SMILES string of the molecule is C1CCC2(CC1)OCCO2.CC.CC.CN(C)Cc1ccccc1. The molecule has 1 aromatic carbocycles. The van der Waals surface area contributed by atoms with E-state index in [-0.39, 0.29) is 5.79 Å². The number of benzene rings is 1. The first-order valence-electron chi connectivity index (χ1n) is 9.67. The van der Waals surface area contributed by atoms with Crippen LogP contribution in [-0.2, 0) is 16.0 Å². The molecule has 140 valence electrons. The lowest BCUT2D eigenvalue weighted by Crippen LogP contribution is -2.32. The summed E-state index contributed by atoms with van der Waals surface area (Å²) in [4.78, 5) is 2.16. The summed E-state index contributed by atoms with van der Waals surface area (Å²) in [5.74, 6) is -0.127. The third-order valence-corrected chi connectivity index (χ3v) is 3.77. The monoisotopic (exact) mass is 337 g/mol. The molecule has 1 aliphatic heterocycles. The Bertz CT molecular complexity index is 365. The Kier molecular flexibility index (Phi) is 13.9. The lowest BCUT2D eigenvalue weighted by atomic mass is 9.94. The highest BCUT2D eigenvalue weighted by Crippen LogP contribution is 2.35. The van der Waals surface area contributed by atoms with E-state index in [4.69, 9.17) is 9.47 Å². The topological polar surface area (TPSA) is 21.7 Å². The number of hydrogen-bond donors (Lipinski definition) is 0. The van der Waals surface area contributed by atoms with E-state index in [2.05, 4.69) is 43.3 Å². The molecule has 0 aromatic heterocycles. The summed E-state index contributed by atoms with van der Waals surface area (Å²) >= 11 is 0. The summed E-state index contributed by atoms with van der Waals surface area (Å²) < 4.78 is 11.1. The van der Waals surface area contributed by atoms with Crippen molar-refractivity contribution in [2.75, 3.05) is 27.3 Å². The molecule has 24 heavy (non-hydrogen) atoms. The van der Waals surface area contributed by atoms with Gasteiger partial charge in [-0.3, -0.25) is 0 Å². The Morgan fingerprint density at radius 2 is 1.33 bits per heavy atom. The third kappa shape index (κ3) is 9.41. The average Bonchev–Trinajstić information content (AvgIpc) is 3.08. The van der Waals surface area contributed by atoms with Crippen molar-refractivity contribution in [2.45, 2.75) is 72.1 Å². The molecule has 1 heterocycles. The van der Waals surface area contributed by atoms with Crippen LogP contribution in [0.25, 0.3) is 0 Å². The van der Waals surface area contributed by atoms with Crippen LogP contribution in [-0.4, -0.2) is 38.0 Å². The summed E-state index contributed by atoms with van der Waals surface area (Å²) in [6, 6.07) is 10.5. The minimum atomic E-state index is -0.127. The van der Waals surface area contributed by atoms with Crippen molar-refractivity contribution in [1.82, 2.24) is 4.90 Å². The molecule has 2 aliphatic rings. The largest absolute Gasteiger partial charge is 0.348 e. The van der Waals surface area contributed by atoms with E-state index < -0.39 is 0 Å². The average molecular weight is 338 g/mol. The van der Waals surface area contributed by atoms with Gasteiger partial charge in [0.1, 0.15) is 0 Å². The molecule has 1 aliphatic carbocycles. The van der Waals surface area contributed by atoms with Gasteiger partial charge < -0.3 is 14.4 Å². The van der Waals surface area contributed by atoms with Crippen LogP contribution in [0.2, 0.25) is 0 Å². The zero-order valence-electron chi connectivity index (χ0n) is 16.8. The summed E-state index contributed by atoms with van der Waals surface area (Å²) in [7, 11) is 4.15. The van der Waals surface area contributed by atoms with Gasteiger partial charge in [0.15, 0.2) is 5.79 Å². The first kappa shape index (κ1) is 23.1. The second kappa shape index (κ2) is 14.4. The van der Waals surface area contributed by atoms with Gasteiger partial charge in [-0.1, -0.05) is 64.4 Å². The fourth-order valence-corrected chi connectivity index (χ4v) is 2.82. The van der Waals surface area contributed by atoms with Crippen LogP contribution in [0.4, 0.5) is 0 Å². The molecule has 1 spiro atoms. The predicted molar refractivity (Wildman–Crippen MR) is 104 cm³/mol. The van der Waals surface area contributed by atoms with Crippen molar-refractivity contribution in [3.8, 4) is 0 Å². The Balaban J connectivity index is 0.000000366. The number of rotatable bonds is 2. The molecule has 0 atom stereocenters. The van der Waals surface area contributed by atoms with E-state index in [1.165, 1.54) is 24.8 Å². The van der Waals surface area contributed by atoms with Gasteiger partial charge in [0.2, 0.25) is 0 Å². The van der Waals surface area contributed by atoms with Gasteiger partial charge in [-0.15, -0.1) is 0 Å². The third-order valence-electron chi connectivity index (χ3n) is 3.77. The van der Waals surface area contributed by atoms with Crippen molar-refractivity contribution in [1.29, 1.82) is 0 Å². The normalized spacial score (nSPS) is 17.8. The van der Waals surface area contributed by atoms with Gasteiger partial charge >= 0.3 is 0 Å². The summed E-state index contributed by atoms with van der Waals surface area (Å²) in [5, 5.41) is 0. The number of hydrogen-bond acceptors (Lipinski definition) is 3. The van der Waals surface area contributed by atoms with Crippen molar-refractivity contribution < 1.29 is 9.47 Å². The Morgan fingerprint density at radius 1 is 0.833 bits per heavy atom. The van der Waals surface area contributed by atoms with Gasteiger partial charge in [0.05, 0.1) is 13.2 Å². The van der Waals surface area contributed by atoms with E-state index in [1.807, 2.05) is 33.8 Å². The summed E-state index contributed by atoms with van der Waals surface area (Å²) in [6.07, 6.45) is 6.15. The zero-order valence-corrected chi connectivity index (χ0v) is 16.8. The van der Waals surface area contributed by atoms with Crippen molar-refractivity contribution in [3.63, 3.8) is 0 Å². The van der Waals surface area contributed by atoms with Crippen molar-refractivity contribution in [2.24, 2.45) is 0 Å². The number of ether oxygens (including phenoxy) is 2.